The fourth-order valence-electron chi connectivity index (χ4n) is 4.70. The van der Waals surface area contributed by atoms with Gasteiger partial charge in [0.2, 0.25) is 5.91 Å². The van der Waals surface area contributed by atoms with Crippen molar-refractivity contribution >= 4 is 5.91 Å². The van der Waals surface area contributed by atoms with E-state index in [9.17, 15) is 9.90 Å². The number of allylic oxidation sites excluding steroid dienone is 2. The Labute approximate surface area is 153 Å². The van der Waals surface area contributed by atoms with Crippen LogP contribution in [0.15, 0.2) is 11.6 Å². The summed E-state index contributed by atoms with van der Waals surface area (Å²) in [6, 6.07) is 0.586. The van der Waals surface area contributed by atoms with Gasteiger partial charge in [-0.2, -0.15) is 0 Å². The van der Waals surface area contributed by atoms with Gasteiger partial charge in [-0.1, -0.05) is 18.1 Å². The molecule has 3 aliphatic rings. The number of hydrogen-bond acceptors (Lipinski definition) is 3. The monoisotopic (exact) mass is 348 g/mol. The van der Waals surface area contributed by atoms with E-state index in [-0.39, 0.29) is 12.0 Å². The van der Waals surface area contributed by atoms with Crippen LogP contribution in [0.3, 0.4) is 0 Å². The Morgan fingerprint density at radius 3 is 2.40 bits per heavy atom. The van der Waals surface area contributed by atoms with Crippen molar-refractivity contribution < 1.29 is 9.90 Å². The molecule has 0 spiro atoms. The fourth-order valence-corrected chi connectivity index (χ4v) is 4.70. The standard InChI is InChI=1S/C21H36N2O2/c1-17(2)7-11-21(16-24)10-4-12-23(15-21)19-8-13-22(14-9-19)20(25)18-5-3-6-18/h7,18-19,24H,3-6,8-16H2,1-2H3. The van der Waals surface area contributed by atoms with Gasteiger partial charge in [0.25, 0.3) is 0 Å². The molecule has 0 aromatic heterocycles. The quantitative estimate of drug-likeness (QED) is 0.776. The molecular weight excluding hydrogens is 312 g/mol. The second kappa shape index (κ2) is 8.22. The zero-order valence-electron chi connectivity index (χ0n) is 16.2. The number of likely N-dealkylation sites (tertiary alicyclic amines) is 2. The van der Waals surface area contributed by atoms with Crippen LogP contribution in [0.5, 0.6) is 0 Å². The highest BCUT2D eigenvalue weighted by Crippen LogP contribution is 2.36. The molecule has 0 aromatic rings. The lowest BCUT2D eigenvalue weighted by atomic mass is 9.76. The number of piperidine rings is 2. The number of hydrogen-bond donors (Lipinski definition) is 1. The largest absolute Gasteiger partial charge is 0.396 e. The summed E-state index contributed by atoms with van der Waals surface area (Å²) in [4.78, 5) is 17.2. The number of nitrogens with zero attached hydrogens (tertiary/aromatic N) is 2. The first-order chi connectivity index (χ1) is 12.0. The van der Waals surface area contributed by atoms with Gasteiger partial charge in [0.05, 0.1) is 6.61 Å². The van der Waals surface area contributed by atoms with Crippen LogP contribution in [0.25, 0.3) is 0 Å². The van der Waals surface area contributed by atoms with E-state index in [1.165, 1.54) is 18.4 Å². The lowest BCUT2D eigenvalue weighted by molar-refractivity contribution is -0.140. The van der Waals surface area contributed by atoms with Crippen molar-refractivity contribution in [1.82, 2.24) is 9.80 Å². The first-order valence-corrected chi connectivity index (χ1v) is 10.3. The Morgan fingerprint density at radius 1 is 1.12 bits per heavy atom. The van der Waals surface area contributed by atoms with Gasteiger partial charge < -0.3 is 10.0 Å². The van der Waals surface area contributed by atoms with Crippen molar-refractivity contribution in [2.75, 3.05) is 32.8 Å². The van der Waals surface area contributed by atoms with Crippen LogP contribution in [-0.4, -0.2) is 59.6 Å². The maximum atomic E-state index is 12.4. The number of rotatable bonds is 5. The maximum Gasteiger partial charge on any atom is 0.225 e. The molecule has 2 aliphatic heterocycles. The van der Waals surface area contributed by atoms with Crippen molar-refractivity contribution in [3.05, 3.63) is 11.6 Å². The highest BCUT2D eigenvalue weighted by molar-refractivity contribution is 5.79. The number of carbonyl (C=O) groups excluding carboxylic acids is 1. The molecule has 4 heteroatoms. The van der Waals surface area contributed by atoms with E-state index in [1.807, 2.05) is 0 Å². The molecule has 2 saturated heterocycles. The van der Waals surface area contributed by atoms with Crippen LogP contribution in [0.1, 0.15) is 65.2 Å². The summed E-state index contributed by atoms with van der Waals surface area (Å²) in [6.07, 6.45) is 11.2. The van der Waals surface area contributed by atoms with E-state index < -0.39 is 0 Å². The molecule has 0 radical (unpaired) electrons. The second-order valence-electron chi connectivity index (χ2n) is 8.90. The molecule has 1 amide bonds. The number of aliphatic hydroxyl groups excluding tert-OH is 1. The Kier molecular flexibility index (Phi) is 6.21. The molecule has 0 bridgehead atoms. The topological polar surface area (TPSA) is 43.8 Å². The Morgan fingerprint density at radius 2 is 1.84 bits per heavy atom. The normalized spacial score (nSPS) is 29.3. The van der Waals surface area contributed by atoms with Crippen molar-refractivity contribution in [1.29, 1.82) is 0 Å². The van der Waals surface area contributed by atoms with E-state index in [0.29, 0.717) is 17.9 Å². The lowest BCUT2D eigenvalue weighted by Gasteiger charge is -2.47. The molecule has 1 unspecified atom stereocenters. The van der Waals surface area contributed by atoms with E-state index in [0.717, 1.165) is 64.7 Å². The fraction of sp³-hybridized carbons (Fsp3) is 0.857. The van der Waals surface area contributed by atoms with E-state index in [2.05, 4.69) is 29.7 Å². The molecule has 1 atom stereocenters. The van der Waals surface area contributed by atoms with Crippen LogP contribution < -0.4 is 0 Å². The van der Waals surface area contributed by atoms with Gasteiger partial charge in [0.15, 0.2) is 0 Å². The molecule has 4 nitrogen and oxygen atoms in total. The second-order valence-corrected chi connectivity index (χ2v) is 8.90. The molecule has 0 aromatic carbocycles. The van der Waals surface area contributed by atoms with Crippen LogP contribution in [0, 0.1) is 11.3 Å². The average molecular weight is 349 g/mol. The third-order valence-electron chi connectivity index (χ3n) is 6.72. The summed E-state index contributed by atoms with van der Waals surface area (Å²) in [6.45, 7) is 8.58. The first kappa shape index (κ1) is 18.9. The van der Waals surface area contributed by atoms with Crippen molar-refractivity contribution in [2.24, 2.45) is 11.3 Å². The molecule has 1 saturated carbocycles. The third kappa shape index (κ3) is 4.46. The summed E-state index contributed by atoms with van der Waals surface area (Å²) in [5.41, 5.74) is 1.38. The predicted molar refractivity (Wildman–Crippen MR) is 101 cm³/mol. The van der Waals surface area contributed by atoms with Gasteiger partial charge in [-0.05, 0) is 65.3 Å². The third-order valence-corrected chi connectivity index (χ3v) is 6.72. The van der Waals surface area contributed by atoms with Crippen LogP contribution >= 0.6 is 0 Å². The average Bonchev–Trinajstić information content (AvgIpc) is 2.59. The van der Waals surface area contributed by atoms with Crippen LogP contribution in [0.2, 0.25) is 0 Å². The lowest BCUT2D eigenvalue weighted by Crippen LogP contribution is -2.53. The minimum absolute atomic E-state index is 0.0361. The molecule has 3 fully saturated rings. The summed E-state index contributed by atoms with van der Waals surface area (Å²) < 4.78 is 0. The highest BCUT2D eigenvalue weighted by atomic mass is 16.3. The molecule has 1 aliphatic carbocycles. The number of amides is 1. The predicted octanol–water partition coefficient (Wildman–Crippen LogP) is 3.21. The number of aliphatic hydroxyl groups is 1. The van der Waals surface area contributed by atoms with Crippen molar-refractivity contribution in [2.45, 2.75) is 71.3 Å². The van der Waals surface area contributed by atoms with E-state index in [1.54, 1.807) is 0 Å². The van der Waals surface area contributed by atoms with E-state index >= 15 is 0 Å². The summed E-state index contributed by atoms with van der Waals surface area (Å²) in [5, 5.41) is 10.1. The van der Waals surface area contributed by atoms with Crippen molar-refractivity contribution in [3.8, 4) is 0 Å². The van der Waals surface area contributed by atoms with Gasteiger partial charge in [-0.15, -0.1) is 0 Å². The smallest absolute Gasteiger partial charge is 0.225 e. The Hall–Kier alpha value is -0.870. The maximum absolute atomic E-state index is 12.4. The number of carbonyl (C=O) groups is 1. The van der Waals surface area contributed by atoms with Crippen LogP contribution in [-0.2, 0) is 4.79 Å². The zero-order chi connectivity index (χ0) is 17.9. The molecule has 1 N–H and O–H groups in total. The summed E-state index contributed by atoms with van der Waals surface area (Å²) >= 11 is 0. The minimum Gasteiger partial charge on any atom is -0.396 e. The Bertz CT molecular complexity index is 488. The van der Waals surface area contributed by atoms with Crippen LogP contribution in [0.4, 0.5) is 0 Å². The van der Waals surface area contributed by atoms with Gasteiger partial charge >= 0.3 is 0 Å². The van der Waals surface area contributed by atoms with Gasteiger partial charge in [-0.3, -0.25) is 9.69 Å². The summed E-state index contributed by atoms with van der Waals surface area (Å²) in [7, 11) is 0. The first-order valence-electron chi connectivity index (χ1n) is 10.3. The molecule has 2 heterocycles. The molecule has 3 rings (SSSR count). The highest BCUT2D eigenvalue weighted by Gasteiger charge is 2.38. The van der Waals surface area contributed by atoms with E-state index in [4.69, 9.17) is 0 Å². The molecule has 142 valence electrons. The van der Waals surface area contributed by atoms with Gasteiger partial charge in [0, 0.05) is 37.0 Å². The summed E-state index contributed by atoms with van der Waals surface area (Å²) in [5.74, 6) is 0.745. The van der Waals surface area contributed by atoms with Gasteiger partial charge in [0.1, 0.15) is 0 Å². The van der Waals surface area contributed by atoms with Gasteiger partial charge in [-0.25, -0.2) is 0 Å². The molecular formula is C21H36N2O2. The minimum atomic E-state index is 0.0361. The Balaban J connectivity index is 1.53. The SMILES string of the molecule is CC(C)=CCC1(CO)CCCN(C2CCN(C(=O)C3CCC3)CC2)C1. The zero-order valence-corrected chi connectivity index (χ0v) is 16.2. The van der Waals surface area contributed by atoms with Crippen molar-refractivity contribution in [3.63, 3.8) is 0 Å². The molecule has 25 heavy (non-hydrogen) atoms.